The second-order valence-electron chi connectivity index (χ2n) is 7.23. The Labute approximate surface area is 175 Å². The van der Waals surface area contributed by atoms with Crippen LogP contribution in [-0.4, -0.2) is 49.7 Å². The Bertz CT molecular complexity index is 1120. The third kappa shape index (κ3) is 4.30. The molecular weight excluding hydrogens is 402 g/mol. The second kappa shape index (κ2) is 8.43. The van der Waals surface area contributed by atoms with Crippen LogP contribution >= 0.6 is 0 Å². The number of piperazine rings is 1. The van der Waals surface area contributed by atoms with Gasteiger partial charge in [-0.2, -0.15) is 4.31 Å². The Balaban J connectivity index is 1.36. The van der Waals surface area contributed by atoms with E-state index >= 15 is 0 Å². The van der Waals surface area contributed by atoms with Crippen LogP contribution < -0.4 is 5.73 Å². The minimum Gasteiger partial charge on any atom is -0.438 e. The van der Waals surface area contributed by atoms with E-state index in [1.54, 1.807) is 0 Å². The smallest absolute Gasteiger partial charge is 0.284 e. The lowest BCUT2D eigenvalue weighted by molar-refractivity contribution is 0.0968. The van der Waals surface area contributed by atoms with E-state index < -0.39 is 15.9 Å². The number of hydrogen-bond donors (Lipinski definition) is 1. The van der Waals surface area contributed by atoms with Crippen molar-refractivity contribution in [3.63, 3.8) is 0 Å². The van der Waals surface area contributed by atoms with E-state index in [1.165, 1.54) is 33.1 Å². The molecule has 0 bridgehead atoms. The fraction of sp³-hybridized carbons (Fsp3) is 0.227. The molecule has 0 spiro atoms. The molecule has 0 saturated carbocycles. The number of carbonyl (C=O) groups excluding carboxylic acids is 1. The molecule has 1 fully saturated rings. The summed E-state index contributed by atoms with van der Waals surface area (Å²) in [6.07, 6.45) is 0. The van der Waals surface area contributed by atoms with Gasteiger partial charge in [0, 0.05) is 32.7 Å². The monoisotopic (exact) mass is 425 g/mol. The summed E-state index contributed by atoms with van der Waals surface area (Å²) in [5.41, 5.74) is 8.67. The molecule has 0 atom stereocenters. The molecule has 8 heteroatoms. The summed E-state index contributed by atoms with van der Waals surface area (Å²) in [5, 5.41) is -0.249. The van der Waals surface area contributed by atoms with Gasteiger partial charge in [-0.25, -0.2) is 8.42 Å². The summed E-state index contributed by atoms with van der Waals surface area (Å²) in [6, 6.07) is 21.2. The molecule has 1 saturated heterocycles. The summed E-state index contributed by atoms with van der Waals surface area (Å²) in [6.45, 7) is 2.70. The van der Waals surface area contributed by atoms with Gasteiger partial charge in [-0.15, -0.1) is 0 Å². The minimum absolute atomic E-state index is 0.161. The number of furan rings is 1. The average molecular weight is 426 g/mol. The number of benzene rings is 2. The van der Waals surface area contributed by atoms with Crippen molar-refractivity contribution in [2.75, 3.05) is 26.2 Å². The largest absolute Gasteiger partial charge is 0.438 e. The number of nitrogens with two attached hydrogens (primary N) is 1. The van der Waals surface area contributed by atoms with Gasteiger partial charge in [0.25, 0.3) is 15.9 Å². The molecule has 7 nitrogen and oxygen atoms in total. The van der Waals surface area contributed by atoms with Gasteiger partial charge in [-0.3, -0.25) is 9.69 Å². The summed E-state index contributed by atoms with van der Waals surface area (Å²) in [5.74, 6) is -0.953. The van der Waals surface area contributed by atoms with Crippen LogP contribution in [0.25, 0.3) is 11.1 Å². The van der Waals surface area contributed by atoms with Gasteiger partial charge in [0.1, 0.15) is 0 Å². The zero-order chi connectivity index (χ0) is 21.1. The summed E-state index contributed by atoms with van der Waals surface area (Å²) >= 11 is 0. The molecular formula is C22H23N3O4S. The van der Waals surface area contributed by atoms with E-state index in [0.717, 1.165) is 6.54 Å². The highest BCUT2D eigenvalue weighted by atomic mass is 32.2. The molecule has 0 aliphatic carbocycles. The van der Waals surface area contributed by atoms with Crippen molar-refractivity contribution in [3.05, 3.63) is 78.1 Å². The highest BCUT2D eigenvalue weighted by Crippen LogP contribution is 2.22. The standard InChI is InChI=1S/C22H23N3O4S/c23-22(26)20-10-11-21(29-20)30(27,28)25-14-12-24(13-15-25)16-17-6-8-19(9-7-17)18-4-2-1-3-5-18/h1-11H,12-16H2,(H2,23,26). The number of nitrogens with zero attached hydrogens (tertiary/aromatic N) is 2. The van der Waals surface area contributed by atoms with Crippen LogP contribution in [0.2, 0.25) is 0 Å². The molecule has 1 aromatic heterocycles. The van der Waals surface area contributed by atoms with Gasteiger partial charge >= 0.3 is 0 Å². The molecule has 2 aromatic carbocycles. The van der Waals surface area contributed by atoms with Gasteiger partial charge in [0.2, 0.25) is 5.09 Å². The third-order valence-electron chi connectivity index (χ3n) is 5.22. The fourth-order valence-corrected chi connectivity index (χ4v) is 4.87. The molecule has 4 rings (SSSR count). The van der Waals surface area contributed by atoms with Crippen LogP contribution in [0.3, 0.4) is 0 Å². The maximum absolute atomic E-state index is 12.7. The van der Waals surface area contributed by atoms with Crippen molar-refractivity contribution in [3.8, 4) is 11.1 Å². The van der Waals surface area contributed by atoms with Gasteiger partial charge in [-0.1, -0.05) is 54.6 Å². The molecule has 0 unspecified atom stereocenters. The van der Waals surface area contributed by atoms with Crippen molar-refractivity contribution in [2.24, 2.45) is 5.73 Å². The molecule has 30 heavy (non-hydrogen) atoms. The number of rotatable bonds is 6. The number of amides is 1. The lowest BCUT2D eigenvalue weighted by Gasteiger charge is -2.33. The molecule has 2 N–H and O–H groups in total. The first-order valence-electron chi connectivity index (χ1n) is 9.70. The first-order chi connectivity index (χ1) is 14.4. The third-order valence-corrected chi connectivity index (χ3v) is 6.99. The maximum atomic E-state index is 12.7. The Morgan fingerprint density at radius 3 is 2.10 bits per heavy atom. The minimum atomic E-state index is -3.78. The molecule has 0 radical (unpaired) electrons. The Kier molecular flexibility index (Phi) is 5.72. The van der Waals surface area contributed by atoms with Gasteiger partial charge in [0.05, 0.1) is 0 Å². The van der Waals surface area contributed by atoms with Crippen molar-refractivity contribution in [2.45, 2.75) is 11.6 Å². The first-order valence-corrected chi connectivity index (χ1v) is 11.1. The molecule has 1 amide bonds. The number of primary amides is 1. The van der Waals surface area contributed by atoms with Crippen molar-refractivity contribution in [1.82, 2.24) is 9.21 Å². The van der Waals surface area contributed by atoms with Crippen LogP contribution in [-0.2, 0) is 16.6 Å². The Morgan fingerprint density at radius 1 is 0.867 bits per heavy atom. The number of sulfonamides is 1. The quantitative estimate of drug-likeness (QED) is 0.655. The lowest BCUT2D eigenvalue weighted by atomic mass is 10.0. The normalized spacial score (nSPS) is 15.9. The number of carbonyl (C=O) groups is 1. The van der Waals surface area contributed by atoms with Crippen LogP contribution in [0.1, 0.15) is 16.1 Å². The van der Waals surface area contributed by atoms with Crippen LogP contribution in [0.4, 0.5) is 0 Å². The first kappa shape index (κ1) is 20.3. The maximum Gasteiger partial charge on any atom is 0.284 e. The number of hydrogen-bond acceptors (Lipinski definition) is 5. The van der Waals surface area contributed by atoms with Crippen molar-refractivity contribution < 1.29 is 17.6 Å². The van der Waals surface area contributed by atoms with Gasteiger partial charge in [-0.05, 0) is 28.8 Å². The van der Waals surface area contributed by atoms with Crippen LogP contribution in [0.15, 0.2) is 76.2 Å². The van der Waals surface area contributed by atoms with E-state index in [-0.39, 0.29) is 10.9 Å². The zero-order valence-corrected chi connectivity index (χ0v) is 17.2. The highest BCUT2D eigenvalue weighted by molar-refractivity contribution is 7.89. The molecule has 156 valence electrons. The lowest BCUT2D eigenvalue weighted by Crippen LogP contribution is -2.48. The van der Waals surface area contributed by atoms with E-state index in [0.29, 0.717) is 26.2 Å². The van der Waals surface area contributed by atoms with Crippen molar-refractivity contribution >= 4 is 15.9 Å². The summed E-state index contributed by atoms with van der Waals surface area (Å²) < 4.78 is 31.9. The van der Waals surface area contributed by atoms with E-state index in [2.05, 4.69) is 41.3 Å². The molecule has 1 aliphatic heterocycles. The van der Waals surface area contributed by atoms with Crippen molar-refractivity contribution in [1.29, 1.82) is 0 Å². The second-order valence-corrected chi connectivity index (χ2v) is 9.10. The van der Waals surface area contributed by atoms with E-state index in [4.69, 9.17) is 10.2 Å². The summed E-state index contributed by atoms with van der Waals surface area (Å²) in [4.78, 5) is 13.4. The fourth-order valence-electron chi connectivity index (χ4n) is 3.54. The highest BCUT2D eigenvalue weighted by Gasteiger charge is 2.31. The SMILES string of the molecule is NC(=O)c1ccc(S(=O)(=O)N2CCN(Cc3ccc(-c4ccccc4)cc3)CC2)o1. The van der Waals surface area contributed by atoms with E-state index in [9.17, 15) is 13.2 Å². The van der Waals surface area contributed by atoms with Gasteiger partial charge < -0.3 is 10.2 Å². The molecule has 2 heterocycles. The average Bonchev–Trinajstić information content (AvgIpc) is 3.27. The Hall–Kier alpha value is -2.94. The molecule has 3 aromatic rings. The van der Waals surface area contributed by atoms with Crippen LogP contribution in [0, 0.1) is 0 Å². The Morgan fingerprint density at radius 2 is 1.50 bits per heavy atom. The zero-order valence-electron chi connectivity index (χ0n) is 16.4. The van der Waals surface area contributed by atoms with E-state index in [1.807, 2.05) is 18.2 Å². The summed E-state index contributed by atoms with van der Waals surface area (Å²) in [7, 11) is -3.78. The van der Waals surface area contributed by atoms with Gasteiger partial charge in [0.15, 0.2) is 5.76 Å². The predicted molar refractivity (Wildman–Crippen MR) is 113 cm³/mol. The predicted octanol–water partition coefficient (Wildman–Crippen LogP) is 2.55. The molecule has 1 aliphatic rings. The van der Waals surface area contributed by atoms with Crippen LogP contribution in [0.5, 0.6) is 0 Å². The topological polar surface area (TPSA) is 96.8 Å².